The number of urea groups is 1. The Morgan fingerprint density at radius 1 is 0.913 bits per heavy atom. The van der Waals surface area contributed by atoms with Gasteiger partial charge in [-0.1, -0.05) is 32.0 Å². The van der Waals surface area contributed by atoms with Crippen molar-refractivity contribution in [2.24, 2.45) is 0 Å². The van der Waals surface area contributed by atoms with E-state index in [4.69, 9.17) is 4.74 Å². The van der Waals surface area contributed by atoms with E-state index in [0.29, 0.717) is 6.61 Å². The van der Waals surface area contributed by atoms with E-state index in [2.05, 4.69) is 24.5 Å². The van der Waals surface area contributed by atoms with Gasteiger partial charge in [-0.25, -0.2) is 4.79 Å². The Morgan fingerprint density at radius 3 is 2.04 bits per heavy atom. The number of rotatable bonds is 6. The van der Waals surface area contributed by atoms with E-state index >= 15 is 0 Å². The number of ether oxygens (including phenoxy) is 1. The normalized spacial score (nSPS) is 10.2. The number of carbonyl (C=O) groups excluding carboxylic acids is 1. The summed E-state index contributed by atoms with van der Waals surface area (Å²) in [6, 6.07) is 13.2. The van der Waals surface area contributed by atoms with Crippen LogP contribution in [0, 0.1) is 0 Å². The van der Waals surface area contributed by atoms with Crippen molar-refractivity contribution in [1.82, 2.24) is 0 Å². The molecule has 2 N–H and O–H groups in total. The summed E-state index contributed by atoms with van der Waals surface area (Å²) in [7, 11) is 0. The Hall–Kier alpha value is -2.49. The van der Waals surface area contributed by atoms with Crippen LogP contribution in [0.4, 0.5) is 16.2 Å². The zero-order valence-corrected chi connectivity index (χ0v) is 14.0. The quantitative estimate of drug-likeness (QED) is 0.800. The standard InChI is InChI=1S/C19H24N2O2/c1-4-14-8-7-9-15(5-2)18(14)21-19(22)20-16-10-12-17(13-11-16)23-6-3/h7-13H,4-6H2,1-3H3,(H2,20,21,22). The van der Waals surface area contributed by atoms with Crippen LogP contribution in [0.2, 0.25) is 0 Å². The van der Waals surface area contributed by atoms with Gasteiger partial charge < -0.3 is 15.4 Å². The molecule has 0 radical (unpaired) electrons. The molecule has 23 heavy (non-hydrogen) atoms. The minimum Gasteiger partial charge on any atom is -0.494 e. The van der Waals surface area contributed by atoms with Gasteiger partial charge in [0.1, 0.15) is 5.75 Å². The predicted molar refractivity (Wildman–Crippen MR) is 95.5 cm³/mol. The van der Waals surface area contributed by atoms with Crippen LogP contribution >= 0.6 is 0 Å². The number of amides is 2. The van der Waals surface area contributed by atoms with Crippen molar-refractivity contribution < 1.29 is 9.53 Å². The lowest BCUT2D eigenvalue weighted by Gasteiger charge is -2.15. The average Bonchev–Trinajstić information content (AvgIpc) is 2.57. The Labute approximate surface area is 137 Å². The van der Waals surface area contributed by atoms with Crippen molar-refractivity contribution in [3.63, 3.8) is 0 Å². The lowest BCUT2D eigenvalue weighted by molar-refractivity contribution is 0.262. The molecule has 0 aromatic heterocycles. The van der Waals surface area contributed by atoms with Crippen molar-refractivity contribution in [2.75, 3.05) is 17.2 Å². The number of hydrogen-bond acceptors (Lipinski definition) is 2. The fourth-order valence-electron chi connectivity index (χ4n) is 2.48. The van der Waals surface area contributed by atoms with Gasteiger partial charge in [0, 0.05) is 11.4 Å². The molecule has 0 bridgehead atoms. The second-order valence-electron chi connectivity index (χ2n) is 5.19. The van der Waals surface area contributed by atoms with Crippen LogP contribution in [0.1, 0.15) is 31.9 Å². The molecule has 2 rings (SSSR count). The van der Waals surface area contributed by atoms with Gasteiger partial charge in [0.15, 0.2) is 0 Å². The molecule has 0 aliphatic rings. The van der Waals surface area contributed by atoms with Gasteiger partial charge in [0.25, 0.3) is 0 Å². The molecule has 0 saturated heterocycles. The van der Waals surface area contributed by atoms with Crippen LogP contribution in [0.15, 0.2) is 42.5 Å². The second kappa shape index (κ2) is 8.22. The minimum absolute atomic E-state index is 0.232. The van der Waals surface area contributed by atoms with E-state index in [-0.39, 0.29) is 6.03 Å². The molecule has 4 heteroatoms. The first-order chi connectivity index (χ1) is 11.2. The Kier molecular flexibility index (Phi) is 6.03. The average molecular weight is 312 g/mol. The zero-order chi connectivity index (χ0) is 16.7. The molecule has 0 atom stereocenters. The van der Waals surface area contributed by atoms with Gasteiger partial charge in [0.05, 0.1) is 6.61 Å². The largest absolute Gasteiger partial charge is 0.494 e. The molecule has 2 aromatic carbocycles. The van der Waals surface area contributed by atoms with E-state index < -0.39 is 0 Å². The molecule has 0 unspecified atom stereocenters. The van der Waals surface area contributed by atoms with Gasteiger partial charge in [-0.3, -0.25) is 0 Å². The number of benzene rings is 2. The summed E-state index contributed by atoms with van der Waals surface area (Å²) in [4.78, 5) is 12.3. The maximum atomic E-state index is 12.3. The smallest absolute Gasteiger partial charge is 0.323 e. The van der Waals surface area contributed by atoms with E-state index in [0.717, 1.165) is 41.1 Å². The monoisotopic (exact) mass is 312 g/mol. The fourth-order valence-corrected chi connectivity index (χ4v) is 2.48. The lowest BCUT2D eigenvalue weighted by Crippen LogP contribution is -2.21. The highest BCUT2D eigenvalue weighted by Gasteiger charge is 2.10. The minimum atomic E-state index is -0.232. The zero-order valence-electron chi connectivity index (χ0n) is 14.0. The van der Waals surface area contributed by atoms with Crippen LogP contribution in [-0.2, 0) is 12.8 Å². The molecular weight excluding hydrogens is 288 g/mol. The highest BCUT2D eigenvalue weighted by Crippen LogP contribution is 2.23. The molecular formula is C19H24N2O2. The summed E-state index contributed by atoms with van der Waals surface area (Å²) in [6.45, 7) is 6.74. The van der Waals surface area contributed by atoms with E-state index in [1.807, 2.05) is 49.4 Å². The highest BCUT2D eigenvalue weighted by atomic mass is 16.5. The van der Waals surface area contributed by atoms with Crippen molar-refractivity contribution in [2.45, 2.75) is 33.6 Å². The van der Waals surface area contributed by atoms with Crippen molar-refractivity contribution >= 4 is 17.4 Å². The van der Waals surface area contributed by atoms with Gasteiger partial charge in [-0.2, -0.15) is 0 Å². The summed E-state index contributed by atoms with van der Waals surface area (Å²) in [5.41, 5.74) is 3.94. The number of nitrogens with one attached hydrogen (secondary N) is 2. The van der Waals surface area contributed by atoms with Crippen LogP contribution in [0.5, 0.6) is 5.75 Å². The number of para-hydroxylation sites is 1. The Morgan fingerprint density at radius 2 is 1.52 bits per heavy atom. The molecule has 0 aliphatic carbocycles. The van der Waals surface area contributed by atoms with E-state index in [1.54, 1.807) is 0 Å². The highest BCUT2D eigenvalue weighted by molar-refractivity contribution is 6.00. The molecule has 2 amide bonds. The van der Waals surface area contributed by atoms with E-state index in [1.165, 1.54) is 0 Å². The number of aryl methyl sites for hydroxylation is 2. The van der Waals surface area contributed by atoms with Gasteiger partial charge >= 0.3 is 6.03 Å². The molecule has 0 aliphatic heterocycles. The van der Waals surface area contributed by atoms with Crippen LogP contribution in [0.25, 0.3) is 0 Å². The van der Waals surface area contributed by atoms with Gasteiger partial charge in [0.2, 0.25) is 0 Å². The molecule has 4 nitrogen and oxygen atoms in total. The van der Waals surface area contributed by atoms with Crippen LogP contribution in [-0.4, -0.2) is 12.6 Å². The molecule has 122 valence electrons. The lowest BCUT2D eigenvalue weighted by atomic mass is 10.0. The second-order valence-corrected chi connectivity index (χ2v) is 5.19. The molecule has 0 fully saturated rings. The molecule has 0 heterocycles. The molecule has 2 aromatic rings. The third-order valence-corrected chi connectivity index (χ3v) is 3.66. The number of carbonyl (C=O) groups is 1. The van der Waals surface area contributed by atoms with Gasteiger partial charge in [-0.15, -0.1) is 0 Å². The summed E-state index contributed by atoms with van der Waals surface area (Å²) in [6.07, 6.45) is 1.76. The van der Waals surface area contributed by atoms with Crippen molar-refractivity contribution in [3.05, 3.63) is 53.6 Å². The van der Waals surface area contributed by atoms with Crippen LogP contribution < -0.4 is 15.4 Å². The Balaban J connectivity index is 2.07. The summed E-state index contributed by atoms with van der Waals surface area (Å²) >= 11 is 0. The summed E-state index contributed by atoms with van der Waals surface area (Å²) in [5.74, 6) is 0.794. The maximum absolute atomic E-state index is 12.3. The third kappa shape index (κ3) is 4.49. The molecule has 0 saturated carbocycles. The third-order valence-electron chi connectivity index (χ3n) is 3.66. The van der Waals surface area contributed by atoms with Crippen molar-refractivity contribution in [3.8, 4) is 5.75 Å². The van der Waals surface area contributed by atoms with Crippen LogP contribution in [0.3, 0.4) is 0 Å². The topological polar surface area (TPSA) is 50.4 Å². The maximum Gasteiger partial charge on any atom is 0.323 e. The summed E-state index contributed by atoms with van der Waals surface area (Å²) in [5, 5.41) is 5.84. The van der Waals surface area contributed by atoms with Gasteiger partial charge in [-0.05, 0) is 55.2 Å². The number of anilines is 2. The first kappa shape index (κ1) is 16.9. The SMILES string of the molecule is CCOc1ccc(NC(=O)Nc2c(CC)cccc2CC)cc1. The first-order valence-electron chi connectivity index (χ1n) is 8.09. The van der Waals surface area contributed by atoms with E-state index in [9.17, 15) is 4.79 Å². The Bertz CT molecular complexity index is 629. The molecule has 0 spiro atoms. The fraction of sp³-hybridized carbons (Fsp3) is 0.316. The predicted octanol–water partition coefficient (Wildman–Crippen LogP) is 4.85. The van der Waals surface area contributed by atoms with Crippen molar-refractivity contribution in [1.29, 1.82) is 0 Å². The first-order valence-corrected chi connectivity index (χ1v) is 8.09. The number of hydrogen-bond donors (Lipinski definition) is 2. The summed E-state index contributed by atoms with van der Waals surface area (Å²) < 4.78 is 5.39.